The quantitative estimate of drug-likeness (QED) is 0.0222. The van der Waals surface area contributed by atoms with Gasteiger partial charge in [-0.25, -0.2) is 0 Å². The number of carbonyl (C=O) groups excluding carboxylic acids is 6. The van der Waals surface area contributed by atoms with E-state index in [0.29, 0.717) is 38.2 Å². The molecule has 0 unspecified atom stereocenters. The molecule has 6 aromatic rings. The van der Waals surface area contributed by atoms with E-state index in [1.807, 2.05) is 94.7 Å². The van der Waals surface area contributed by atoms with E-state index < -0.39 is 30.6 Å². The normalized spacial score (nSPS) is 13.3. The summed E-state index contributed by atoms with van der Waals surface area (Å²) in [5.74, 6) is 1.97. The minimum Gasteiger partial charge on any atom is -0.465 e. The molecule has 85 heavy (non-hydrogen) atoms. The summed E-state index contributed by atoms with van der Waals surface area (Å²) in [6.07, 6.45) is 6.56. The van der Waals surface area contributed by atoms with Crippen LogP contribution in [0.3, 0.4) is 0 Å². The average molecular weight is 1190 g/mol. The largest absolute Gasteiger partial charge is 0.465 e. The lowest BCUT2D eigenvalue weighted by atomic mass is 9.92. The fourth-order valence-electron chi connectivity index (χ4n) is 10.1. The first-order valence-electron chi connectivity index (χ1n) is 29.4. The third kappa shape index (κ3) is 21.7. The van der Waals surface area contributed by atoms with Crippen molar-refractivity contribution in [3.63, 3.8) is 0 Å². The highest BCUT2D eigenvalue weighted by molar-refractivity contribution is 7.99. The van der Waals surface area contributed by atoms with Gasteiger partial charge in [-0.15, -0.1) is 0 Å². The van der Waals surface area contributed by atoms with Crippen LogP contribution in [-0.4, -0.2) is 145 Å². The van der Waals surface area contributed by atoms with E-state index in [4.69, 9.17) is 18.9 Å². The van der Waals surface area contributed by atoms with Gasteiger partial charge >= 0.3 is 23.9 Å². The second kappa shape index (κ2) is 33.5. The topological polar surface area (TPSA) is 186 Å². The Hall–Kier alpha value is -7.24. The summed E-state index contributed by atoms with van der Waals surface area (Å²) in [6.45, 7) is 2.10. The number of nitrogens with zero attached hydrogens (tertiary/aromatic N) is 2. The molecule has 0 spiro atoms. The minimum atomic E-state index is -1.37. The number of hydrogen-bond acceptors (Lipinski definition) is 14. The van der Waals surface area contributed by atoms with E-state index in [1.165, 1.54) is 22.3 Å². The van der Waals surface area contributed by atoms with Crippen LogP contribution in [0.2, 0.25) is 0 Å². The molecule has 6 aromatic carbocycles. The molecule has 2 heterocycles. The molecule has 2 fully saturated rings. The number of benzene rings is 6. The van der Waals surface area contributed by atoms with Gasteiger partial charge in [0, 0.05) is 62.0 Å². The van der Waals surface area contributed by atoms with Crippen LogP contribution in [0.1, 0.15) is 92.4 Å². The van der Waals surface area contributed by atoms with Crippen LogP contribution in [-0.2, 0) is 99.1 Å². The van der Waals surface area contributed by atoms with E-state index in [0.717, 1.165) is 120 Å². The zero-order valence-electron chi connectivity index (χ0n) is 48.4. The molecule has 0 saturated carbocycles. The predicted molar refractivity (Wildman–Crippen MR) is 331 cm³/mol. The highest BCUT2D eigenvalue weighted by Gasteiger charge is 2.33. The molecular weight excluding hydrogens is 1110 g/mol. The molecular formula is C69H78N2O12S2. The second-order valence-electron chi connectivity index (χ2n) is 22.1. The molecule has 2 amide bonds. The number of ether oxygens (including phenoxy) is 4. The van der Waals surface area contributed by atoms with Gasteiger partial charge in [0.15, 0.2) is 0 Å². The smallest absolute Gasteiger partial charge is 0.310 e. The minimum absolute atomic E-state index is 0.00819. The number of aliphatic hydroxyl groups excluding tert-OH is 2. The molecule has 0 aliphatic carbocycles. The Kier molecular flexibility index (Phi) is 25.1. The van der Waals surface area contributed by atoms with E-state index >= 15 is 0 Å². The van der Waals surface area contributed by atoms with Gasteiger partial charge in [-0.2, -0.15) is 23.5 Å². The van der Waals surface area contributed by atoms with Crippen LogP contribution in [0.15, 0.2) is 146 Å². The van der Waals surface area contributed by atoms with Crippen molar-refractivity contribution in [1.82, 2.24) is 9.80 Å². The van der Waals surface area contributed by atoms with Crippen molar-refractivity contribution < 1.29 is 57.9 Å². The molecule has 2 aliphatic heterocycles. The summed E-state index contributed by atoms with van der Waals surface area (Å²) in [5, 5.41) is 20.5. The van der Waals surface area contributed by atoms with Crippen molar-refractivity contribution in [3.05, 3.63) is 212 Å². The fraction of sp³-hybridized carbons (Fsp3) is 0.391. The third-order valence-electron chi connectivity index (χ3n) is 15.2. The molecule has 2 N–H and O–H groups in total. The Balaban J connectivity index is 0.675. The van der Waals surface area contributed by atoms with Crippen LogP contribution in [0.5, 0.6) is 0 Å². The zero-order valence-corrected chi connectivity index (χ0v) is 50.1. The first-order valence-corrected chi connectivity index (χ1v) is 31.7. The predicted octanol–water partition coefficient (Wildman–Crippen LogP) is 8.78. The van der Waals surface area contributed by atoms with E-state index in [1.54, 1.807) is 23.5 Å². The number of carbonyl (C=O) groups is 6. The van der Waals surface area contributed by atoms with Crippen molar-refractivity contribution in [2.75, 3.05) is 88.8 Å². The average Bonchev–Trinajstić information content (AvgIpc) is 4.16. The number of likely N-dealkylation sites (tertiary alicyclic amines) is 2. The molecule has 14 nitrogen and oxygen atoms in total. The Morgan fingerprint density at radius 3 is 0.859 bits per heavy atom. The first kappa shape index (κ1) is 63.8. The lowest BCUT2D eigenvalue weighted by Crippen LogP contribution is -2.41. The molecule has 2 aliphatic rings. The summed E-state index contributed by atoms with van der Waals surface area (Å²) in [4.78, 5) is 77.9. The van der Waals surface area contributed by atoms with Crippen LogP contribution in [0, 0.1) is 5.41 Å². The number of hydrogen-bond donors (Lipinski definition) is 2. The summed E-state index contributed by atoms with van der Waals surface area (Å²) < 4.78 is 21.9. The molecule has 0 radical (unpaired) electrons. The maximum atomic E-state index is 13.0. The van der Waals surface area contributed by atoms with Gasteiger partial charge in [0.25, 0.3) is 0 Å². The van der Waals surface area contributed by atoms with E-state index in [-0.39, 0.29) is 62.7 Å². The fourth-order valence-corrected chi connectivity index (χ4v) is 11.6. The van der Waals surface area contributed by atoms with Gasteiger partial charge in [0.1, 0.15) is 26.4 Å². The monoisotopic (exact) mass is 1190 g/mol. The van der Waals surface area contributed by atoms with Crippen molar-refractivity contribution in [2.24, 2.45) is 5.41 Å². The molecule has 0 atom stereocenters. The van der Waals surface area contributed by atoms with Gasteiger partial charge in [-0.1, -0.05) is 146 Å². The lowest BCUT2D eigenvalue weighted by molar-refractivity contribution is -0.158. The maximum absolute atomic E-state index is 13.0. The Bertz CT molecular complexity index is 3100. The van der Waals surface area contributed by atoms with Gasteiger partial charge in [0.05, 0.1) is 44.3 Å². The van der Waals surface area contributed by atoms with Crippen LogP contribution < -0.4 is 0 Å². The molecule has 0 bridgehead atoms. The Labute approximate surface area is 508 Å². The Morgan fingerprint density at radius 2 is 0.624 bits per heavy atom. The maximum Gasteiger partial charge on any atom is 0.310 e. The van der Waals surface area contributed by atoms with Crippen LogP contribution in [0.4, 0.5) is 0 Å². The first-order chi connectivity index (χ1) is 41.4. The van der Waals surface area contributed by atoms with E-state index in [9.17, 15) is 39.0 Å². The summed E-state index contributed by atoms with van der Waals surface area (Å²) in [5.41, 5.74) is 11.1. The van der Waals surface area contributed by atoms with Gasteiger partial charge in [-0.05, 0) is 105 Å². The van der Waals surface area contributed by atoms with Crippen molar-refractivity contribution in [2.45, 2.75) is 77.0 Å². The summed E-state index contributed by atoms with van der Waals surface area (Å²) in [6, 6.07) is 48.6. The number of thioether (sulfide) groups is 2. The summed E-state index contributed by atoms with van der Waals surface area (Å²) >= 11 is 3.38. The molecule has 0 aromatic heterocycles. The highest BCUT2D eigenvalue weighted by atomic mass is 32.2. The summed E-state index contributed by atoms with van der Waals surface area (Å²) in [7, 11) is 0. The lowest BCUT2D eigenvalue weighted by Gasteiger charge is -2.28. The zero-order chi connectivity index (χ0) is 59.6. The Morgan fingerprint density at radius 1 is 0.376 bits per heavy atom. The molecule has 8 rings (SSSR count). The van der Waals surface area contributed by atoms with Crippen molar-refractivity contribution >= 4 is 59.2 Å². The van der Waals surface area contributed by atoms with Gasteiger partial charge in [-0.3, -0.25) is 28.8 Å². The standard InChI is InChI=1S/C69H78N2O12S2/c72-47-69(48-73,50-83-68(79)46-62-27-19-58(20-28-62)42-56-15-23-60(24-16-56)44-66(77)81-34-38-85-36-32-71-30-2-4-64(71)75)49-82-67(78)45-61-25-17-57(18-26-61)41-54-11-7-52(8-12-54)39-51-5-9-53(10-6-51)40-55-13-21-59(22-14-55)43-65(76)80-33-37-84-35-31-70-29-1-3-63(70)74/h5-28,72-73H,1-4,29-50H2. The number of esters is 4. The second-order valence-corrected chi connectivity index (χ2v) is 24.5. The molecule has 2 saturated heterocycles. The molecule has 16 heteroatoms. The number of aliphatic hydroxyl groups is 2. The van der Waals surface area contributed by atoms with Crippen molar-refractivity contribution in [3.8, 4) is 0 Å². The van der Waals surface area contributed by atoms with Gasteiger partial charge < -0.3 is 39.0 Å². The SMILES string of the molecule is O=C(Cc1ccc(Cc2ccc(CC(=O)OCC(CO)(CO)COC(=O)Cc3ccc(Cc4ccc(Cc5ccc(Cc6ccc(CC(=O)OCCSCCN7CCCC7=O)cc6)cc5)cc4)cc3)cc2)cc1)OCCSCCN1CCCC1=O. The van der Waals surface area contributed by atoms with Crippen LogP contribution >= 0.6 is 23.5 Å². The third-order valence-corrected chi connectivity index (χ3v) is 17.1. The van der Waals surface area contributed by atoms with Gasteiger partial charge in [0.2, 0.25) is 11.8 Å². The van der Waals surface area contributed by atoms with Crippen LogP contribution in [0.25, 0.3) is 0 Å². The highest BCUT2D eigenvalue weighted by Crippen LogP contribution is 2.22. The molecule has 448 valence electrons. The number of rotatable bonds is 34. The van der Waals surface area contributed by atoms with E-state index in [2.05, 4.69) is 60.7 Å². The number of amides is 2. The van der Waals surface area contributed by atoms with Crippen molar-refractivity contribution in [1.29, 1.82) is 0 Å².